The van der Waals surface area contributed by atoms with E-state index in [1.54, 1.807) is 0 Å². The van der Waals surface area contributed by atoms with Crippen molar-refractivity contribution in [3.8, 4) is 0 Å². The number of carbonyl (C=O) groups is 1. The Morgan fingerprint density at radius 3 is 1.91 bits per heavy atom. The predicted octanol–water partition coefficient (Wildman–Crippen LogP) is 0.379. The molecule has 0 aliphatic rings. The number of halogens is 3. The minimum atomic E-state index is -4.92. The summed E-state index contributed by atoms with van der Waals surface area (Å²) in [6, 6.07) is 0. The minimum absolute atomic E-state index is 0. The monoisotopic (exact) mass is 216 g/mol. The van der Waals surface area contributed by atoms with Crippen molar-refractivity contribution < 1.29 is 40.1 Å². The molecule has 67 valence electrons. The van der Waals surface area contributed by atoms with Crippen LogP contribution in [0.15, 0.2) is 11.8 Å². The van der Waals surface area contributed by atoms with Crippen molar-refractivity contribution in [1.29, 1.82) is 0 Å². The molecule has 1 radical (unpaired) electrons. The summed E-state index contributed by atoms with van der Waals surface area (Å²) >= 11 is 0. The van der Waals surface area contributed by atoms with Crippen LogP contribution in [-0.4, -0.2) is 12.0 Å². The molecular weight excluding hydrogens is 213 g/mol. The molecule has 0 unspecified atom stereocenters. The molecule has 0 saturated heterocycles. The molecule has 0 fully saturated rings. The average molecular weight is 217 g/mol. The molecule has 2 nitrogen and oxygen atoms in total. The average Bonchev–Trinajstić information content (AvgIpc) is 1.60. The molecule has 0 saturated carbocycles. The van der Waals surface area contributed by atoms with Crippen molar-refractivity contribution in [3.05, 3.63) is 11.8 Å². The zero-order valence-corrected chi connectivity index (χ0v) is 6.27. The van der Waals surface area contributed by atoms with Crippen molar-refractivity contribution in [2.24, 2.45) is 0 Å². The molecule has 0 N–H and O–H groups in total. The maximum atomic E-state index is 11.3. The predicted molar refractivity (Wildman–Crippen MR) is 24.8 cm³/mol. The molecule has 0 atom stereocenters. The van der Waals surface area contributed by atoms with Gasteiger partial charge in [-0.1, -0.05) is 0 Å². The Bertz CT molecular complexity index is 173. The first-order chi connectivity index (χ1) is 4.34. The van der Waals surface area contributed by atoms with Gasteiger partial charge in [-0.2, -0.15) is 13.2 Å². The van der Waals surface area contributed by atoms with Crippen LogP contribution in [0, 0.1) is 0 Å². The van der Waals surface area contributed by atoms with Crippen molar-refractivity contribution in [2.75, 3.05) is 0 Å². The second-order valence-electron chi connectivity index (χ2n) is 1.62. The summed E-state index contributed by atoms with van der Waals surface area (Å²) in [6.45, 7) is 0.879. The second kappa shape index (κ2) is 4.41. The molecule has 0 bridgehead atoms. The minimum Gasteiger partial charge on any atom is -0.869 e. The molecule has 0 heterocycles. The zero-order chi connectivity index (χ0) is 8.36. The summed E-state index contributed by atoms with van der Waals surface area (Å²) in [5.74, 6) is -3.01. The molecule has 0 aliphatic carbocycles. The topological polar surface area (TPSA) is 40.1 Å². The molecule has 0 aromatic carbocycles. The van der Waals surface area contributed by atoms with E-state index in [-0.39, 0.29) is 23.1 Å². The van der Waals surface area contributed by atoms with Gasteiger partial charge in [0.2, 0.25) is 0 Å². The van der Waals surface area contributed by atoms with Gasteiger partial charge < -0.3 is 5.11 Å². The van der Waals surface area contributed by atoms with E-state index in [2.05, 4.69) is 0 Å². The Morgan fingerprint density at radius 2 is 1.82 bits per heavy atom. The van der Waals surface area contributed by atoms with E-state index in [0.29, 0.717) is 0 Å². The summed E-state index contributed by atoms with van der Waals surface area (Å²) in [4.78, 5) is 9.92. The number of alkyl halides is 3. The van der Waals surface area contributed by atoms with E-state index in [4.69, 9.17) is 0 Å². The fourth-order valence-electron chi connectivity index (χ4n) is 0.266. The van der Waals surface area contributed by atoms with E-state index < -0.39 is 17.7 Å². The molecule has 0 rings (SSSR count). The van der Waals surface area contributed by atoms with Crippen LogP contribution in [0.4, 0.5) is 13.2 Å². The Kier molecular flexibility index (Phi) is 5.26. The Labute approximate surface area is 71.6 Å². The van der Waals surface area contributed by atoms with Gasteiger partial charge in [-0.25, -0.2) is 0 Å². The maximum Gasteiger partial charge on any atom is 2.00 e. The van der Waals surface area contributed by atoms with Crippen LogP contribution >= 0.6 is 0 Å². The van der Waals surface area contributed by atoms with Crippen molar-refractivity contribution in [2.45, 2.75) is 13.1 Å². The fraction of sp³-hybridized carbons (Fsp3) is 0.400. The van der Waals surface area contributed by atoms with Gasteiger partial charge in [0, 0.05) is 0 Å². The van der Waals surface area contributed by atoms with E-state index >= 15 is 0 Å². The number of hydrogen-bond acceptors (Lipinski definition) is 2. The van der Waals surface area contributed by atoms with E-state index in [1.165, 1.54) is 0 Å². The second-order valence-corrected chi connectivity index (χ2v) is 1.62. The van der Waals surface area contributed by atoms with Crippen LogP contribution in [0.5, 0.6) is 0 Å². The van der Waals surface area contributed by atoms with Gasteiger partial charge in [0.15, 0.2) is 5.78 Å². The normalized spacial score (nSPS) is 12.2. The first kappa shape index (κ1) is 13.1. The summed E-state index contributed by atoms with van der Waals surface area (Å²) in [7, 11) is 0. The number of hydrogen-bond donors (Lipinski definition) is 0. The number of allylic oxidation sites excluding steroid dienone is 2. The molecule has 0 aromatic heterocycles. The summed E-state index contributed by atoms with van der Waals surface area (Å²) < 4.78 is 33.8. The van der Waals surface area contributed by atoms with Gasteiger partial charge >= 0.3 is 23.2 Å². The summed E-state index contributed by atoms with van der Waals surface area (Å²) in [5.41, 5.74) is 0. The molecule has 6 heteroatoms. The van der Waals surface area contributed by atoms with Gasteiger partial charge in [0.05, 0.1) is 0 Å². The molecule has 0 amide bonds. The van der Waals surface area contributed by atoms with Crippen LogP contribution < -0.4 is 5.11 Å². The number of ketones is 1. The smallest absolute Gasteiger partial charge is 0.869 e. The van der Waals surface area contributed by atoms with Crippen molar-refractivity contribution >= 4 is 5.78 Å². The van der Waals surface area contributed by atoms with Crippen molar-refractivity contribution in [3.63, 3.8) is 0 Å². The molecule has 0 aromatic rings. The Balaban J connectivity index is 0. The molecular formula is C5H4CuF3O2+. The maximum absolute atomic E-state index is 11.3. The quantitative estimate of drug-likeness (QED) is 0.361. The van der Waals surface area contributed by atoms with Crippen LogP contribution in [0.2, 0.25) is 0 Å². The van der Waals surface area contributed by atoms with Gasteiger partial charge in [-0.05, 0) is 18.8 Å². The van der Waals surface area contributed by atoms with Gasteiger partial charge in [0.1, 0.15) is 0 Å². The van der Waals surface area contributed by atoms with Gasteiger partial charge in [0.25, 0.3) is 0 Å². The first-order valence-electron chi connectivity index (χ1n) is 2.30. The third kappa shape index (κ3) is 5.94. The van der Waals surface area contributed by atoms with Crippen molar-refractivity contribution in [1.82, 2.24) is 0 Å². The third-order valence-electron chi connectivity index (χ3n) is 0.614. The van der Waals surface area contributed by atoms with E-state index in [1.807, 2.05) is 0 Å². The number of rotatable bonds is 1. The summed E-state index contributed by atoms with van der Waals surface area (Å²) in [6.07, 6.45) is -4.91. The summed E-state index contributed by atoms with van der Waals surface area (Å²) in [5, 5.41) is 9.87. The van der Waals surface area contributed by atoms with Crippen LogP contribution in [0.1, 0.15) is 6.92 Å². The van der Waals surface area contributed by atoms with Gasteiger partial charge in [-0.3, -0.25) is 4.79 Å². The molecule has 0 aliphatic heterocycles. The molecule has 0 spiro atoms. The number of carbonyl (C=O) groups excluding carboxylic acids is 1. The fourth-order valence-corrected chi connectivity index (χ4v) is 0.266. The first-order valence-corrected chi connectivity index (χ1v) is 2.30. The standard InChI is InChI=1S/C5H5F3O2.Cu/c1-3(9)2-4(10)5(6,7)8;/h2,10H,1H3;/q;+2/p-1/b4-2+;. The largest absolute Gasteiger partial charge is 2.00 e. The van der Waals surface area contributed by atoms with Crippen LogP contribution in [-0.2, 0) is 21.9 Å². The van der Waals surface area contributed by atoms with E-state index in [0.717, 1.165) is 6.92 Å². The van der Waals surface area contributed by atoms with Gasteiger partial charge in [-0.15, -0.1) is 0 Å². The Morgan fingerprint density at radius 1 is 1.45 bits per heavy atom. The zero-order valence-electron chi connectivity index (χ0n) is 5.33. The van der Waals surface area contributed by atoms with E-state index in [9.17, 15) is 23.1 Å². The Hall–Kier alpha value is -0.481. The third-order valence-corrected chi connectivity index (χ3v) is 0.614. The SMILES string of the molecule is CC(=O)/C=C(/[O-])C(F)(F)F.[Cu+2]. The molecule has 11 heavy (non-hydrogen) atoms. The van der Waals surface area contributed by atoms with Crippen LogP contribution in [0.3, 0.4) is 0 Å². The van der Waals surface area contributed by atoms with Crippen LogP contribution in [0.25, 0.3) is 0 Å².